The van der Waals surface area contributed by atoms with Crippen molar-refractivity contribution in [1.82, 2.24) is 20.3 Å². The Balaban J connectivity index is 1.49. The first-order chi connectivity index (χ1) is 18.6. The van der Waals surface area contributed by atoms with E-state index < -0.39 is 15.3 Å². The van der Waals surface area contributed by atoms with Crippen molar-refractivity contribution in [1.29, 1.82) is 0 Å². The molecule has 0 unspecified atom stereocenters. The fourth-order valence-corrected chi connectivity index (χ4v) is 6.15. The number of rotatable bonds is 7. The zero-order valence-electron chi connectivity index (χ0n) is 22.5. The Morgan fingerprint density at radius 2 is 1.82 bits per heavy atom. The molecule has 1 aromatic carbocycles. The number of benzene rings is 1. The summed E-state index contributed by atoms with van der Waals surface area (Å²) in [6.45, 7) is 7.47. The predicted octanol–water partition coefficient (Wildman–Crippen LogP) is 5.48. The van der Waals surface area contributed by atoms with Gasteiger partial charge in [0.15, 0.2) is 5.82 Å². The molecule has 5 rings (SSSR count). The number of morpholine rings is 1. The third-order valence-electron chi connectivity index (χ3n) is 7.52. The van der Waals surface area contributed by atoms with Crippen LogP contribution in [0.15, 0.2) is 59.8 Å². The van der Waals surface area contributed by atoms with Gasteiger partial charge in [-0.05, 0) is 76.4 Å². The van der Waals surface area contributed by atoms with E-state index >= 15 is 0 Å². The second-order valence-corrected chi connectivity index (χ2v) is 13.2. The first-order valence-electron chi connectivity index (χ1n) is 13.2. The van der Waals surface area contributed by atoms with Crippen molar-refractivity contribution in [3.63, 3.8) is 0 Å². The van der Waals surface area contributed by atoms with Crippen molar-refractivity contribution in [2.75, 3.05) is 30.0 Å². The molecule has 0 bridgehead atoms. The van der Waals surface area contributed by atoms with E-state index in [0.29, 0.717) is 47.7 Å². The van der Waals surface area contributed by atoms with E-state index in [4.69, 9.17) is 14.7 Å². The summed E-state index contributed by atoms with van der Waals surface area (Å²) < 4.78 is 27.4. The predicted molar refractivity (Wildman–Crippen MR) is 153 cm³/mol. The van der Waals surface area contributed by atoms with E-state index in [1.54, 1.807) is 38.4 Å². The van der Waals surface area contributed by atoms with E-state index in [2.05, 4.69) is 27.4 Å². The number of hydrogen-bond acceptors (Lipinski definition) is 8. The topological polar surface area (TPSA) is 133 Å². The van der Waals surface area contributed by atoms with Crippen molar-refractivity contribution in [2.24, 2.45) is 0 Å². The Kier molecular flexibility index (Phi) is 7.77. The number of amides is 2. The highest BCUT2D eigenvalue weighted by molar-refractivity contribution is 8.25. The first kappa shape index (κ1) is 27.3. The van der Waals surface area contributed by atoms with Crippen LogP contribution in [0.1, 0.15) is 45.7 Å². The highest BCUT2D eigenvalue weighted by Crippen LogP contribution is 2.63. The van der Waals surface area contributed by atoms with Crippen LogP contribution >= 0.6 is 10.6 Å². The van der Waals surface area contributed by atoms with Crippen LogP contribution in [-0.2, 0) is 9.48 Å². The Morgan fingerprint density at radius 1 is 1.10 bits per heavy atom. The number of pyridine rings is 1. The van der Waals surface area contributed by atoms with Crippen molar-refractivity contribution < 1.29 is 18.6 Å². The molecule has 11 heteroatoms. The molecular weight excluding hydrogens is 516 g/mol. The number of aromatic nitrogens is 3. The van der Waals surface area contributed by atoms with Gasteiger partial charge in [0.05, 0.1) is 29.8 Å². The number of carbonyl (C=O) groups excluding carboxylic acids is 1. The van der Waals surface area contributed by atoms with Gasteiger partial charge < -0.3 is 20.3 Å². The smallest absolute Gasteiger partial charge is 0.319 e. The summed E-state index contributed by atoms with van der Waals surface area (Å²) in [7, 11) is -3.31. The molecule has 1 aliphatic heterocycles. The van der Waals surface area contributed by atoms with E-state index in [-0.39, 0.29) is 18.1 Å². The van der Waals surface area contributed by atoms with Crippen molar-refractivity contribution >= 4 is 28.1 Å². The maximum atomic E-state index is 12.3. The average Bonchev–Trinajstić information content (AvgIpc) is 2.91. The summed E-state index contributed by atoms with van der Waals surface area (Å²) in [5.74, 6) is 1.16. The molecule has 10 nitrogen and oxygen atoms in total. The van der Waals surface area contributed by atoms with Crippen LogP contribution < -0.4 is 15.5 Å². The molecular formula is C28H36N6O4S. The number of carbonyl (C=O) groups is 1. The zero-order chi connectivity index (χ0) is 27.6. The maximum absolute atomic E-state index is 12.3. The van der Waals surface area contributed by atoms with Gasteiger partial charge in [0.1, 0.15) is 10.6 Å². The molecule has 3 heterocycles. The normalized spacial score (nSPS) is 18.8. The highest BCUT2D eigenvalue weighted by atomic mass is 32.3. The molecule has 0 radical (unpaired) electrons. The Labute approximate surface area is 230 Å². The van der Waals surface area contributed by atoms with Gasteiger partial charge in [-0.3, -0.25) is 14.1 Å². The van der Waals surface area contributed by atoms with Crippen LogP contribution in [0.3, 0.4) is 0 Å². The second kappa shape index (κ2) is 11.1. The lowest BCUT2D eigenvalue weighted by atomic mass is 9.93. The molecule has 0 spiro atoms. The molecule has 1 atom stereocenters. The fourth-order valence-electron chi connectivity index (χ4n) is 4.66. The minimum atomic E-state index is -3.31. The summed E-state index contributed by atoms with van der Waals surface area (Å²) in [6.07, 6.45) is 6.29. The molecule has 4 N–H and O–H groups in total. The number of nitrogens with zero attached hydrogens (tertiary/aromatic N) is 4. The Morgan fingerprint density at radius 3 is 2.46 bits per heavy atom. The SMILES string of the molecule is C[C@H]1COCCN1c1cc(C(C)(C)S(O)(O)c2ccncc2)nc(-c2ccc(NC(=O)NC3CCC3)cc2)n1. The third-order valence-corrected chi connectivity index (χ3v) is 10.1. The summed E-state index contributed by atoms with van der Waals surface area (Å²) in [5.41, 5.74) is 1.93. The molecule has 2 aliphatic rings. The molecule has 2 aromatic heterocycles. The number of ether oxygens (including phenoxy) is 1. The van der Waals surface area contributed by atoms with Gasteiger partial charge in [0.2, 0.25) is 0 Å². The molecule has 3 aromatic rings. The van der Waals surface area contributed by atoms with Gasteiger partial charge in [-0.1, -0.05) is 0 Å². The third kappa shape index (κ3) is 5.72. The van der Waals surface area contributed by atoms with Gasteiger partial charge in [0, 0.05) is 42.3 Å². The van der Waals surface area contributed by atoms with Crippen LogP contribution in [0, 0.1) is 0 Å². The quantitative estimate of drug-likeness (QED) is 0.303. The van der Waals surface area contributed by atoms with Crippen LogP contribution in [0.25, 0.3) is 11.4 Å². The summed E-state index contributed by atoms with van der Waals surface area (Å²) in [6, 6.07) is 12.6. The highest BCUT2D eigenvalue weighted by Gasteiger charge is 2.40. The van der Waals surface area contributed by atoms with Crippen LogP contribution in [0.4, 0.5) is 16.3 Å². The molecule has 1 saturated carbocycles. The number of anilines is 2. The summed E-state index contributed by atoms with van der Waals surface area (Å²) in [4.78, 5) is 28.6. The minimum absolute atomic E-state index is 0.0961. The van der Waals surface area contributed by atoms with Gasteiger partial charge in [-0.15, -0.1) is 0 Å². The lowest BCUT2D eigenvalue weighted by Crippen LogP contribution is -2.44. The molecule has 39 heavy (non-hydrogen) atoms. The second-order valence-electron chi connectivity index (χ2n) is 10.6. The average molecular weight is 553 g/mol. The van der Waals surface area contributed by atoms with E-state index in [0.717, 1.165) is 24.8 Å². The van der Waals surface area contributed by atoms with E-state index in [1.165, 1.54) is 0 Å². The Hall–Kier alpha value is -3.25. The fraction of sp³-hybridized carbons (Fsp3) is 0.429. The first-order valence-corrected chi connectivity index (χ1v) is 14.8. The molecule has 2 amide bonds. The van der Waals surface area contributed by atoms with Gasteiger partial charge in [-0.2, -0.15) is 10.6 Å². The minimum Gasteiger partial charge on any atom is -0.377 e. The lowest BCUT2D eigenvalue weighted by Gasteiger charge is -2.46. The number of urea groups is 1. The van der Waals surface area contributed by atoms with Crippen molar-refractivity contribution in [2.45, 2.75) is 61.8 Å². The molecule has 1 aliphatic carbocycles. The van der Waals surface area contributed by atoms with E-state index in [1.807, 2.05) is 30.3 Å². The van der Waals surface area contributed by atoms with Gasteiger partial charge in [0.25, 0.3) is 0 Å². The summed E-state index contributed by atoms with van der Waals surface area (Å²) >= 11 is 0. The van der Waals surface area contributed by atoms with Crippen molar-refractivity contribution in [3.05, 3.63) is 60.6 Å². The maximum Gasteiger partial charge on any atom is 0.319 e. The van der Waals surface area contributed by atoms with Gasteiger partial charge in [-0.25, -0.2) is 14.8 Å². The van der Waals surface area contributed by atoms with Crippen LogP contribution in [0.5, 0.6) is 0 Å². The van der Waals surface area contributed by atoms with Gasteiger partial charge >= 0.3 is 6.03 Å². The monoisotopic (exact) mass is 552 g/mol. The zero-order valence-corrected chi connectivity index (χ0v) is 23.3. The van der Waals surface area contributed by atoms with Crippen LogP contribution in [-0.4, -0.2) is 61.9 Å². The van der Waals surface area contributed by atoms with E-state index in [9.17, 15) is 13.9 Å². The van der Waals surface area contributed by atoms with Crippen molar-refractivity contribution in [3.8, 4) is 11.4 Å². The Bertz CT molecular complexity index is 1300. The number of hydrogen-bond donors (Lipinski definition) is 4. The number of nitrogens with one attached hydrogen (secondary N) is 2. The largest absolute Gasteiger partial charge is 0.377 e. The molecule has 1 saturated heterocycles. The standard InChI is InChI=1S/C28H36N6O4S/c1-19-18-38-16-15-34(19)25-17-24(28(2,3)39(36,37)23-11-13-29-14-12-23)32-26(33-25)20-7-9-22(10-8-20)31-27(35)30-21-5-4-6-21/h7-14,17,19,21,36-37H,4-6,15-16,18H2,1-3H3,(H2,30,31,35)/t19-/m0/s1. The summed E-state index contributed by atoms with van der Waals surface area (Å²) in [5, 5.41) is 5.85. The van der Waals surface area contributed by atoms with Crippen LogP contribution in [0.2, 0.25) is 0 Å². The lowest BCUT2D eigenvalue weighted by molar-refractivity contribution is 0.0985. The molecule has 208 valence electrons. The molecule has 2 fully saturated rings.